The van der Waals surface area contributed by atoms with Gasteiger partial charge in [-0.15, -0.1) is 12.4 Å². The maximum absolute atomic E-state index is 13.7. The fraction of sp³-hybridized carbons (Fsp3) is 0.524. The Labute approximate surface area is 174 Å². The monoisotopic (exact) mass is 422 g/mol. The van der Waals surface area contributed by atoms with E-state index in [4.69, 9.17) is 0 Å². The summed E-state index contributed by atoms with van der Waals surface area (Å²) in [7, 11) is 1.87. The molecule has 2 aliphatic heterocycles. The van der Waals surface area contributed by atoms with Crippen LogP contribution in [0.25, 0.3) is 5.69 Å². The zero-order valence-corrected chi connectivity index (χ0v) is 17.1. The van der Waals surface area contributed by atoms with Gasteiger partial charge < -0.3 is 10.2 Å². The lowest BCUT2D eigenvalue weighted by Crippen LogP contribution is -2.48. The molecule has 1 N–H and O–H groups in total. The SMILES string of the molecule is CN(C(=O)c1nn(-c2ccc(F)c(F)c2)c2c1CCC2)C1CC2CCC(C1)N2.Cl. The van der Waals surface area contributed by atoms with Gasteiger partial charge >= 0.3 is 0 Å². The highest BCUT2D eigenvalue weighted by molar-refractivity contribution is 5.94. The molecule has 1 aromatic carbocycles. The molecule has 2 atom stereocenters. The van der Waals surface area contributed by atoms with Crippen LogP contribution in [0.5, 0.6) is 0 Å². The van der Waals surface area contributed by atoms with E-state index in [9.17, 15) is 13.6 Å². The number of benzene rings is 1. The molecule has 3 heterocycles. The van der Waals surface area contributed by atoms with Gasteiger partial charge in [-0.3, -0.25) is 4.79 Å². The second-order valence-electron chi connectivity index (χ2n) is 8.32. The summed E-state index contributed by atoms with van der Waals surface area (Å²) in [6.07, 6.45) is 6.85. The molecule has 2 saturated heterocycles. The molecule has 5 rings (SSSR count). The molecule has 1 aliphatic carbocycles. The Kier molecular flexibility index (Phi) is 5.38. The maximum atomic E-state index is 13.7. The molecule has 29 heavy (non-hydrogen) atoms. The lowest BCUT2D eigenvalue weighted by atomic mass is 9.98. The number of hydrogen-bond donors (Lipinski definition) is 1. The second-order valence-corrected chi connectivity index (χ2v) is 8.32. The van der Waals surface area contributed by atoms with Crippen LogP contribution in [0, 0.1) is 11.6 Å². The number of nitrogens with one attached hydrogen (secondary N) is 1. The van der Waals surface area contributed by atoms with Crippen LogP contribution in [-0.4, -0.2) is 45.8 Å². The van der Waals surface area contributed by atoms with Crippen LogP contribution in [0.3, 0.4) is 0 Å². The average molecular weight is 423 g/mol. The Morgan fingerprint density at radius 2 is 1.90 bits per heavy atom. The molecule has 0 spiro atoms. The minimum Gasteiger partial charge on any atom is -0.337 e. The summed E-state index contributed by atoms with van der Waals surface area (Å²) in [6.45, 7) is 0. The third-order valence-corrected chi connectivity index (χ3v) is 6.60. The number of amides is 1. The lowest BCUT2D eigenvalue weighted by Gasteiger charge is -2.35. The summed E-state index contributed by atoms with van der Waals surface area (Å²) in [4.78, 5) is 15.1. The van der Waals surface area contributed by atoms with E-state index in [1.54, 1.807) is 4.68 Å². The van der Waals surface area contributed by atoms with Crippen LogP contribution in [0.4, 0.5) is 8.78 Å². The molecule has 156 valence electrons. The largest absolute Gasteiger partial charge is 0.337 e. The van der Waals surface area contributed by atoms with Crippen molar-refractivity contribution in [1.29, 1.82) is 0 Å². The first-order valence-corrected chi connectivity index (χ1v) is 10.1. The zero-order chi connectivity index (χ0) is 19.4. The number of nitrogens with zero attached hydrogens (tertiary/aromatic N) is 3. The van der Waals surface area contributed by atoms with Crippen molar-refractivity contribution in [1.82, 2.24) is 20.0 Å². The lowest BCUT2D eigenvalue weighted by molar-refractivity contribution is 0.0674. The number of rotatable bonds is 3. The number of fused-ring (bicyclic) bond motifs is 3. The second kappa shape index (κ2) is 7.69. The Morgan fingerprint density at radius 1 is 1.17 bits per heavy atom. The predicted octanol–water partition coefficient (Wildman–Crippen LogP) is 3.42. The normalized spacial score (nSPS) is 24.9. The van der Waals surface area contributed by atoms with Crippen LogP contribution in [-0.2, 0) is 12.8 Å². The molecule has 2 fully saturated rings. The van der Waals surface area contributed by atoms with Gasteiger partial charge in [-0.05, 0) is 57.1 Å². The first kappa shape index (κ1) is 20.3. The molecule has 3 aliphatic rings. The third-order valence-electron chi connectivity index (χ3n) is 6.60. The van der Waals surface area contributed by atoms with Crippen LogP contribution >= 0.6 is 12.4 Å². The number of hydrogen-bond acceptors (Lipinski definition) is 3. The number of piperidine rings is 1. The highest BCUT2D eigenvalue weighted by Gasteiger charge is 2.38. The van der Waals surface area contributed by atoms with E-state index >= 15 is 0 Å². The van der Waals surface area contributed by atoms with E-state index in [0.717, 1.165) is 55.5 Å². The molecule has 2 unspecified atom stereocenters. The van der Waals surface area contributed by atoms with Crippen molar-refractivity contribution in [2.75, 3.05) is 7.05 Å². The van der Waals surface area contributed by atoms with Crippen molar-refractivity contribution < 1.29 is 13.6 Å². The highest BCUT2D eigenvalue weighted by atomic mass is 35.5. The summed E-state index contributed by atoms with van der Waals surface area (Å²) in [6, 6.07) is 4.98. The van der Waals surface area contributed by atoms with E-state index in [2.05, 4.69) is 10.4 Å². The highest BCUT2D eigenvalue weighted by Crippen LogP contribution is 2.32. The Morgan fingerprint density at radius 3 is 2.59 bits per heavy atom. The first-order chi connectivity index (χ1) is 13.5. The van der Waals surface area contributed by atoms with Crippen LogP contribution in [0.2, 0.25) is 0 Å². The molecular formula is C21H25ClF2N4O. The fourth-order valence-electron chi connectivity index (χ4n) is 5.12. The van der Waals surface area contributed by atoms with Gasteiger partial charge in [-0.1, -0.05) is 0 Å². The van der Waals surface area contributed by atoms with E-state index in [0.29, 0.717) is 23.5 Å². The van der Waals surface area contributed by atoms with Gasteiger partial charge in [0, 0.05) is 42.5 Å². The van der Waals surface area contributed by atoms with Crippen molar-refractivity contribution in [2.24, 2.45) is 0 Å². The summed E-state index contributed by atoms with van der Waals surface area (Å²) in [5.41, 5.74) is 2.82. The minimum absolute atomic E-state index is 0. The molecule has 2 bridgehead atoms. The molecule has 1 aromatic heterocycles. The molecule has 8 heteroatoms. The van der Waals surface area contributed by atoms with Gasteiger partial charge in [0.1, 0.15) is 0 Å². The smallest absolute Gasteiger partial charge is 0.274 e. The summed E-state index contributed by atoms with van der Waals surface area (Å²) < 4.78 is 28.7. The number of carbonyl (C=O) groups is 1. The van der Waals surface area contributed by atoms with Gasteiger partial charge in [-0.25, -0.2) is 13.5 Å². The average Bonchev–Trinajstić information content (AvgIpc) is 3.38. The van der Waals surface area contributed by atoms with Gasteiger partial charge in [0.05, 0.1) is 5.69 Å². The van der Waals surface area contributed by atoms with Crippen LogP contribution < -0.4 is 5.32 Å². The molecule has 5 nitrogen and oxygen atoms in total. The van der Waals surface area contributed by atoms with Crippen molar-refractivity contribution in [3.05, 3.63) is 46.8 Å². The third kappa shape index (κ3) is 3.44. The number of aromatic nitrogens is 2. The van der Waals surface area contributed by atoms with Crippen molar-refractivity contribution in [3.8, 4) is 5.69 Å². The molecule has 0 saturated carbocycles. The van der Waals surface area contributed by atoms with E-state index in [-0.39, 0.29) is 24.4 Å². The summed E-state index contributed by atoms with van der Waals surface area (Å²) in [5, 5.41) is 8.17. The number of halogens is 3. The topological polar surface area (TPSA) is 50.2 Å². The van der Waals surface area contributed by atoms with E-state index < -0.39 is 11.6 Å². The van der Waals surface area contributed by atoms with Crippen molar-refractivity contribution in [2.45, 2.75) is 63.1 Å². The van der Waals surface area contributed by atoms with Crippen molar-refractivity contribution in [3.63, 3.8) is 0 Å². The first-order valence-electron chi connectivity index (χ1n) is 10.1. The Balaban J connectivity index is 0.00000205. The van der Waals surface area contributed by atoms with Crippen LogP contribution in [0.1, 0.15) is 53.8 Å². The fourth-order valence-corrected chi connectivity index (χ4v) is 5.12. The molecule has 2 aromatic rings. The van der Waals surface area contributed by atoms with Gasteiger partial charge in [0.25, 0.3) is 5.91 Å². The zero-order valence-electron chi connectivity index (χ0n) is 16.3. The standard InChI is InChI=1S/C21H24F2N4O.ClH/c1-26(15-9-12-5-6-13(10-15)24-12)21(28)20-16-3-2-4-19(16)27(25-20)14-7-8-17(22)18(23)11-14;/h7-8,11-13,15,24H,2-6,9-10H2,1H3;1H. The minimum atomic E-state index is -0.907. The Hall–Kier alpha value is -1.99. The summed E-state index contributed by atoms with van der Waals surface area (Å²) in [5.74, 6) is -1.86. The van der Waals surface area contributed by atoms with Crippen molar-refractivity contribution >= 4 is 18.3 Å². The van der Waals surface area contributed by atoms with E-state index in [1.807, 2.05) is 11.9 Å². The molecule has 1 amide bonds. The van der Waals surface area contributed by atoms with Gasteiger partial charge in [0.2, 0.25) is 0 Å². The quantitative estimate of drug-likeness (QED) is 0.824. The number of carbonyl (C=O) groups excluding carboxylic acids is 1. The van der Waals surface area contributed by atoms with E-state index in [1.165, 1.54) is 18.9 Å². The van der Waals surface area contributed by atoms with Gasteiger partial charge in [-0.2, -0.15) is 5.10 Å². The summed E-state index contributed by atoms with van der Waals surface area (Å²) >= 11 is 0. The maximum Gasteiger partial charge on any atom is 0.274 e. The molecule has 0 radical (unpaired) electrons. The molecular weight excluding hydrogens is 398 g/mol. The van der Waals surface area contributed by atoms with Crippen LogP contribution in [0.15, 0.2) is 18.2 Å². The predicted molar refractivity (Wildman–Crippen MR) is 108 cm³/mol. The Bertz CT molecular complexity index is 935. The van der Waals surface area contributed by atoms with Gasteiger partial charge in [0.15, 0.2) is 17.3 Å².